The van der Waals surface area contributed by atoms with Crippen molar-refractivity contribution in [3.63, 3.8) is 0 Å². The number of halogens is 2. The minimum Gasteiger partial charge on any atom is -0.464 e. The summed E-state index contributed by atoms with van der Waals surface area (Å²) in [6, 6.07) is 15.1. The van der Waals surface area contributed by atoms with Crippen LogP contribution in [0.1, 0.15) is 29.2 Å². The van der Waals surface area contributed by atoms with Gasteiger partial charge >= 0.3 is 5.97 Å². The molecule has 0 amide bonds. The zero-order chi connectivity index (χ0) is 21.2. The zero-order valence-electron chi connectivity index (χ0n) is 16.2. The molecule has 0 radical (unpaired) electrons. The lowest BCUT2D eigenvalue weighted by Crippen LogP contribution is -2.19. The molecule has 8 heteroatoms. The first kappa shape index (κ1) is 22.8. The van der Waals surface area contributed by atoms with Crippen LogP contribution in [0, 0.1) is 0 Å². The minimum absolute atomic E-state index is 0.0646. The highest BCUT2D eigenvalue weighted by molar-refractivity contribution is 9.28. The van der Waals surface area contributed by atoms with E-state index in [1.54, 1.807) is 12.1 Å². The molecule has 0 aliphatic rings. The summed E-state index contributed by atoms with van der Waals surface area (Å²) in [5, 5.41) is 7.99. The molecule has 0 fully saturated rings. The van der Waals surface area contributed by atoms with Gasteiger partial charge in [0.15, 0.2) is 5.71 Å². The lowest BCUT2D eigenvalue weighted by Gasteiger charge is -2.10. The lowest BCUT2D eigenvalue weighted by atomic mass is 10.0. The Morgan fingerprint density at radius 2 is 1.83 bits per heavy atom. The van der Waals surface area contributed by atoms with E-state index in [2.05, 4.69) is 42.2 Å². The predicted octanol–water partition coefficient (Wildman–Crippen LogP) is 5.24. The van der Waals surface area contributed by atoms with Crippen LogP contribution in [0.5, 0.6) is 0 Å². The van der Waals surface area contributed by atoms with Crippen molar-refractivity contribution in [2.45, 2.75) is 13.5 Å². The molecule has 152 valence electrons. The van der Waals surface area contributed by atoms with E-state index in [4.69, 9.17) is 14.4 Å². The normalized spacial score (nSPS) is 11.6. The molecule has 0 aliphatic heterocycles. The molecule has 0 unspecified atom stereocenters. The van der Waals surface area contributed by atoms with Crippen LogP contribution in [0.15, 0.2) is 62.2 Å². The number of ether oxygens (including phenoxy) is 1. The number of esters is 1. The first-order valence-corrected chi connectivity index (χ1v) is 10.1. The van der Waals surface area contributed by atoms with Gasteiger partial charge in [0.05, 0.1) is 16.2 Å². The number of hydrogen-bond donors (Lipinski definition) is 0. The van der Waals surface area contributed by atoms with Gasteiger partial charge in [-0.15, -0.1) is 0 Å². The van der Waals surface area contributed by atoms with E-state index >= 15 is 0 Å². The molecule has 0 spiro atoms. The van der Waals surface area contributed by atoms with Crippen molar-refractivity contribution < 1.29 is 19.2 Å². The quantitative estimate of drug-likeness (QED) is 0.269. The predicted molar refractivity (Wildman–Crippen MR) is 121 cm³/mol. The molecule has 2 rings (SSSR count). The van der Waals surface area contributed by atoms with Gasteiger partial charge in [0.2, 0.25) is 0 Å². The lowest BCUT2D eigenvalue weighted by molar-refractivity contribution is -0.132. The number of oxime groups is 2. The molecule has 2 aromatic carbocycles. The first-order valence-electron chi connectivity index (χ1n) is 8.53. The second-order valence-electron chi connectivity index (χ2n) is 5.78. The molecule has 2 aromatic rings. The van der Waals surface area contributed by atoms with Crippen molar-refractivity contribution in [2.75, 3.05) is 14.2 Å². The van der Waals surface area contributed by atoms with Crippen molar-refractivity contribution in [3.8, 4) is 0 Å². The van der Waals surface area contributed by atoms with E-state index in [9.17, 15) is 4.79 Å². The second-order valence-corrected chi connectivity index (χ2v) is 8.55. The second kappa shape index (κ2) is 11.5. The molecule has 0 saturated heterocycles. The van der Waals surface area contributed by atoms with Crippen LogP contribution in [0.4, 0.5) is 0 Å². The SMILES string of the molecule is CO/N=C(/C(=O)OC)c1ccccc1CON=C(C)c1cccc(C=C(Br)Br)c1. The smallest absolute Gasteiger partial charge is 0.360 e. The Kier molecular flexibility index (Phi) is 9.08. The van der Waals surface area contributed by atoms with E-state index in [1.807, 2.05) is 49.4 Å². The number of carbonyl (C=O) groups is 1. The highest BCUT2D eigenvalue weighted by Gasteiger charge is 2.19. The van der Waals surface area contributed by atoms with Gasteiger partial charge in [0, 0.05) is 11.1 Å². The fourth-order valence-electron chi connectivity index (χ4n) is 2.49. The summed E-state index contributed by atoms with van der Waals surface area (Å²) in [4.78, 5) is 22.3. The van der Waals surface area contributed by atoms with Crippen molar-refractivity contribution in [3.05, 3.63) is 74.2 Å². The van der Waals surface area contributed by atoms with E-state index in [0.717, 1.165) is 25.8 Å². The van der Waals surface area contributed by atoms with Gasteiger partial charge < -0.3 is 14.4 Å². The van der Waals surface area contributed by atoms with Crippen LogP contribution >= 0.6 is 31.9 Å². The average molecular weight is 524 g/mol. The van der Waals surface area contributed by atoms with Crippen molar-refractivity contribution >= 4 is 55.3 Å². The Morgan fingerprint density at radius 1 is 1.07 bits per heavy atom. The zero-order valence-corrected chi connectivity index (χ0v) is 19.4. The number of benzene rings is 2. The highest BCUT2D eigenvalue weighted by atomic mass is 79.9. The summed E-state index contributed by atoms with van der Waals surface area (Å²) in [5.41, 5.74) is 4.03. The summed E-state index contributed by atoms with van der Waals surface area (Å²) in [7, 11) is 2.66. The maximum absolute atomic E-state index is 12.0. The van der Waals surface area contributed by atoms with Crippen molar-refractivity contribution in [2.24, 2.45) is 10.3 Å². The molecule has 6 nitrogen and oxygen atoms in total. The Balaban J connectivity index is 2.19. The Hall–Kier alpha value is -2.45. The molecule has 0 heterocycles. The standard InChI is InChI=1S/C21H20Br2N2O4/c1-14(16-9-6-7-15(11-16)12-19(22)23)24-29-13-17-8-4-5-10-18(17)20(25-28-3)21(26)27-2/h4-12H,13H2,1-3H3/b24-14?,25-20+. The van der Waals surface area contributed by atoms with Crippen LogP contribution in [0.25, 0.3) is 6.08 Å². The number of rotatable bonds is 8. The fraction of sp³-hybridized carbons (Fsp3) is 0.190. The molecule has 29 heavy (non-hydrogen) atoms. The summed E-state index contributed by atoms with van der Waals surface area (Å²) in [6.07, 6.45) is 1.94. The summed E-state index contributed by atoms with van der Waals surface area (Å²) in [6.45, 7) is 2.02. The van der Waals surface area contributed by atoms with Gasteiger partial charge in [-0.3, -0.25) is 0 Å². The number of hydrogen-bond acceptors (Lipinski definition) is 6. The van der Waals surface area contributed by atoms with Gasteiger partial charge in [-0.25, -0.2) is 4.79 Å². The molecule has 0 aromatic heterocycles. The molecule has 0 bridgehead atoms. The third-order valence-electron chi connectivity index (χ3n) is 3.84. The summed E-state index contributed by atoms with van der Waals surface area (Å²) in [5.74, 6) is -0.596. The van der Waals surface area contributed by atoms with Crippen LogP contribution in [0.2, 0.25) is 0 Å². The average Bonchev–Trinajstić information content (AvgIpc) is 2.71. The first-order chi connectivity index (χ1) is 14.0. The largest absolute Gasteiger partial charge is 0.464 e. The fourth-order valence-corrected chi connectivity index (χ4v) is 3.02. The third kappa shape index (κ3) is 6.83. The maximum atomic E-state index is 12.0. The monoisotopic (exact) mass is 522 g/mol. The van der Waals surface area contributed by atoms with Crippen LogP contribution in [-0.4, -0.2) is 31.6 Å². The molecule has 0 aliphatic carbocycles. The minimum atomic E-state index is -0.596. The van der Waals surface area contributed by atoms with Gasteiger partial charge in [0.25, 0.3) is 0 Å². The van der Waals surface area contributed by atoms with E-state index in [-0.39, 0.29) is 12.3 Å². The number of methoxy groups -OCH3 is 1. The van der Waals surface area contributed by atoms with Gasteiger partial charge in [-0.05, 0) is 62.1 Å². The van der Waals surface area contributed by atoms with Crippen LogP contribution in [0.3, 0.4) is 0 Å². The third-order valence-corrected chi connectivity index (χ3v) is 4.29. The van der Waals surface area contributed by atoms with E-state index in [1.165, 1.54) is 14.2 Å². The Labute approximate surface area is 186 Å². The molecular formula is C21H20Br2N2O4. The highest BCUT2D eigenvalue weighted by Crippen LogP contribution is 2.19. The molecular weight excluding hydrogens is 504 g/mol. The van der Waals surface area contributed by atoms with E-state index in [0.29, 0.717) is 5.56 Å². The van der Waals surface area contributed by atoms with Gasteiger partial charge in [-0.2, -0.15) is 0 Å². The van der Waals surface area contributed by atoms with Gasteiger partial charge in [-0.1, -0.05) is 52.8 Å². The van der Waals surface area contributed by atoms with Crippen LogP contribution < -0.4 is 0 Å². The maximum Gasteiger partial charge on any atom is 0.360 e. The molecule has 0 atom stereocenters. The molecule has 0 saturated carbocycles. The summed E-state index contributed by atoms with van der Waals surface area (Å²) < 4.78 is 5.63. The Morgan fingerprint density at radius 3 is 2.52 bits per heavy atom. The van der Waals surface area contributed by atoms with Crippen molar-refractivity contribution in [1.29, 1.82) is 0 Å². The summed E-state index contributed by atoms with van der Waals surface area (Å²) >= 11 is 6.71. The van der Waals surface area contributed by atoms with Gasteiger partial charge in [0.1, 0.15) is 13.7 Å². The number of nitrogens with zero attached hydrogens (tertiary/aromatic N) is 2. The topological polar surface area (TPSA) is 69.5 Å². The molecule has 0 N–H and O–H groups in total. The van der Waals surface area contributed by atoms with Crippen LogP contribution in [-0.2, 0) is 25.8 Å². The number of carbonyl (C=O) groups excluding carboxylic acids is 1. The van der Waals surface area contributed by atoms with E-state index < -0.39 is 5.97 Å². The Bertz CT molecular complexity index is 951. The van der Waals surface area contributed by atoms with Crippen molar-refractivity contribution in [1.82, 2.24) is 0 Å².